The summed E-state index contributed by atoms with van der Waals surface area (Å²) in [5, 5.41) is 31.7. The minimum Gasteiger partial charge on any atom is -0.412 e. The van der Waals surface area contributed by atoms with Crippen molar-refractivity contribution in [2.24, 2.45) is 5.73 Å². The van der Waals surface area contributed by atoms with Crippen LogP contribution in [0.3, 0.4) is 0 Å². The van der Waals surface area contributed by atoms with Gasteiger partial charge >= 0.3 is 0 Å². The Hall–Kier alpha value is -2.98. The van der Waals surface area contributed by atoms with Crippen LogP contribution < -0.4 is 5.73 Å². The van der Waals surface area contributed by atoms with E-state index in [1.54, 1.807) is 48.5 Å². The molecule has 0 atom stereocenters. The van der Waals surface area contributed by atoms with Crippen molar-refractivity contribution < 1.29 is 76.0 Å². The number of carbonyl (C=O) groups excluding carboxylic acids is 4. The van der Waals surface area contributed by atoms with Crippen LogP contribution in [-0.4, -0.2) is 189 Å². The smallest absolute Gasteiger partial charge is 0.261 e. The predicted molar refractivity (Wildman–Crippen MR) is 342 cm³/mol. The zero-order valence-corrected chi connectivity index (χ0v) is 54.5. The molecule has 0 spiro atoms. The van der Waals surface area contributed by atoms with E-state index in [0.29, 0.717) is 61.8 Å². The van der Waals surface area contributed by atoms with E-state index in [4.69, 9.17) is 62.3 Å². The van der Waals surface area contributed by atoms with E-state index in [1.165, 1.54) is 85.8 Å². The van der Waals surface area contributed by atoms with Gasteiger partial charge in [0.05, 0.1) is 83.6 Å². The van der Waals surface area contributed by atoms with E-state index in [-0.39, 0.29) is 50.4 Å². The molecule has 2 aromatic rings. The summed E-state index contributed by atoms with van der Waals surface area (Å²) in [5.74, 6) is -0.628. The number of nitrogens with two attached hydrogens (primary N) is 1. The Balaban J connectivity index is -0.000000177. The number of rotatable bonds is 39. The monoisotopic (exact) mass is 1350 g/mol. The number of hydrogen-bond acceptors (Lipinski definition) is 16. The molecule has 82 heavy (non-hydrogen) atoms. The van der Waals surface area contributed by atoms with Gasteiger partial charge in [-0.15, -0.1) is 0 Å². The maximum absolute atomic E-state index is 12.2. The molecule has 2 aliphatic heterocycles. The number of benzene rings is 2. The number of ether oxygens (including phenoxy) is 5. The van der Waals surface area contributed by atoms with Crippen LogP contribution in [0.2, 0.25) is 0 Å². The van der Waals surface area contributed by atoms with Gasteiger partial charge < -0.3 is 55.3 Å². The highest BCUT2D eigenvalue weighted by Gasteiger charge is 2.35. The van der Waals surface area contributed by atoms with Crippen LogP contribution in [0.4, 0.5) is 4.39 Å². The number of fused-ring (bicyclic) bond motifs is 2. The Kier molecular flexibility index (Phi) is 81.4. The van der Waals surface area contributed by atoms with Crippen molar-refractivity contribution in [3.05, 3.63) is 70.8 Å². The van der Waals surface area contributed by atoms with Crippen molar-refractivity contribution in [1.82, 2.24) is 9.80 Å². The van der Waals surface area contributed by atoms with Crippen LogP contribution in [0.15, 0.2) is 48.5 Å². The summed E-state index contributed by atoms with van der Waals surface area (Å²) in [6, 6.07) is 14.0. The average molecular weight is 1360 g/mol. The van der Waals surface area contributed by atoms with Crippen LogP contribution in [0, 0.1) is 11.1 Å². The Labute approximate surface area is 518 Å². The number of nitrogens with zero attached hydrogens (tertiary/aromatic N) is 2. The van der Waals surface area contributed by atoms with Crippen molar-refractivity contribution in [3.8, 4) is 0 Å². The number of alkyl halides is 3. The highest BCUT2D eigenvalue weighted by Crippen LogP contribution is 2.24. The molecule has 4 amide bonds. The fourth-order valence-electron chi connectivity index (χ4n) is 6.94. The van der Waals surface area contributed by atoms with E-state index >= 15 is 0 Å². The highest BCUT2D eigenvalue weighted by molar-refractivity contribution is 14.1. The summed E-state index contributed by atoms with van der Waals surface area (Å²) >= 11 is 5.65. The topological polar surface area (TPSA) is 307 Å². The lowest BCUT2D eigenvalue weighted by Crippen LogP contribution is -2.30. The molecule has 2 aromatic carbocycles. The SMILES string of the molecule is CCCCCBr.CCCCCOCCO.CCCCCOCCOCCCCCN.CCCCCOCCOCCCCCN1C(=O)c2ccccc2C1=O.CO.N=N.O.O=C1c2ccccc2C(=O)N1CCCCI.OCCO.[2H]CF.[HH]. The van der Waals surface area contributed by atoms with E-state index in [2.05, 4.69) is 66.2 Å². The third-order valence-corrected chi connectivity index (χ3v) is 12.5. The molecule has 0 saturated heterocycles. The van der Waals surface area contributed by atoms with Gasteiger partial charge in [-0.25, -0.2) is 11.1 Å². The second kappa shape index (κ2) is 76.0. The minimum absolute atomic E-state index is 0. The van der Waals surface area contributed by atoms with Gasteiger partial charge in [0, 0.05) is 60.0 Å². The number of unbranched alkanes of at least 4 members (excludes halogenated alkanes) is 13. The number of amides is 4. The van der Waals surface area contributed by atoms with E-state index in [9.17, 15) is 23.6 Å². The van der Waals surface area contributed by atoms with Gasteiger partial charge in [-0.1, -0.05) is 142 Å². The van der Waals surface area contributed by atoms with Gasteiger partial charge in [-0.05, 0) is 112 Å². The first-order valence-corrected chi connectivity index (χ1v) is 31.7. The molecule has 0 radical (unpaired) electrons. The largest absolute Gasteiger partial charge is 0.412 e. The molecule has 0 bridgehead atoms. The molecule has 10 N–H and O–H groups in total. The highest BCUT2D eigenvalue weighted by atomic mass is 127. The summed E-state index contributed by atoms with van der Waals surface area (Å²) in [6.45, 7) is 17.7. The van der Waals surface area contributed by atoms with Gasteiger partial charge in [-0.3, -0.25) is 33.4 Å². The molecular formula is C60H114BrFIN5O14. The van der Waals surface area contributed by atoms with E-state index in [1.807, 2.05) is 0 Å². The summed E-state index contributed by atoms with van der Waals surface area (Å²) in [4.78, 5) is 50.9. The molecule has 0 fully saturated rings. The normalized spacial score (nSPS) is 11.4. The Bertz CT molecular complexity index is 1610. The number of hydrogen-bond donors (Lipinski definition) is 7. The van der Waals surface area contributed by atoms with Gasteiger partial charge in [0.25, 0.3) is 23.6 Å². The van der Waals surface area contributed by atoms with Crippen molar-refractivity contribution in [3.63, 3.8) is 0 Å². The van der Waals surface area contributed by atoms with E-state index < -0.39 is 7.15 Å². The van der Waals surface area contributed by atoms with Crippen molar-refractivity contribution in [1.29, 1.82) is 11.1 Å². The lowest BCUT2D eigenvalue weighted by Gasteiger charge is -2.13. The van der Waals surface area contributed by atoms with Gasteiger partial charge in [0.15, 0.2) is 0 Å². The second-order valence-corrected chi connectivity index (χ2v) is 19.5. The zero-order chi connectivity index (χ0) is 62.5. The van der Waals surface area contributed by atoms with E-state index in [0.717, 1.165) is 116 Å². The maximum Gasteiger partial charge on any atom is 0.261 e. The van der Waals surface area contributed by atoms with Crippen molar-refractivity contribution >= 4 is 62.1 Å². The van der Waals surface area contributed by atoms with Crippen LogP contribution in [0.25, 0.3) is 0 Å². The maximum atomic E-state index is 12.2. The average Bonchev–Trinajstić information content (AvgIpc) is 4.12. The third-order valence-electron chi connectivity index (χ3n) is 11.2. The predicted octanol–water partition coefficient (Wildman–Crippen LogP) is 11.5. The standard InChI is InChI=1S/C20H29NO4.C12H12INO2.C12H27NO2.C7H16O2.C5H11Br.C2H6O2.CH3F.CH4O.H2N2.H2O.H2/c1-2-3-8-13-24-15-16-25-14-9-4-7-12-21-19(22)17-10-5-6-11-18(17)20(21)23;13-7-3-4-8-14-11(15)9-5-1-2-6-10(9)12(14)16;1-2-3-6-9-14-11-12-15-10-7-4-5-8-13;1-2-3-4-6-9-7-5-8;1-2-3-4-5-6;3-1-2-4;3*1-2;;/h5-6,10-11H,2-4,7-9,12-16H2,1H3;1-2,5-6H,3-4,7-8H2;2-13H2,1H3;8H,2-7H2,1H3;2-5H2,1H3;3-4H,1-2H2;1H3;2H,1H3;1-2H;1H2;1H/i;;;;;;1D;;;;. The number of carbonyl (C=O) groups is 4. The van der Waals surface area contributed by atoms with Gasteiger partial charge in [-0.2, -0.15) is 0 Å². The Morgan fingerprint density at radius 1 is 0.500 bits per heavy atom. The first-order chi connectivity index (χ1) is 40.1. The number of halogens is 3. The lowest BCUT2D eigenvalue weighted by atomic mass is 10.1. The number of aliphatic hydroxyl groups is 4. The molecule has 2 aliphatic rings. The minimum atomic E-state index is -1.00. The number of imide groups is 2. The van der Waals surface area contributed by atoms with Crippen molar-refractivity contribution in [2.45, 2.75) is 156 Å². The summed E-state index contributed by atoms with van der Waals surface area (Å²) in [5.41, 5.74) is 17.5. The molecular weight excluding hydrogens is 1240 g/mol. The second-order valence-electron chi connectivity index (χ2n) is 17.7. The first-order valence-electron chi connectivity index (χ1n) is 29.8. The lowest BCUT2D eigenvalue weighted by molar-refractivity contribution is 0.0446. The molecule has 19 nitrogen and oxygen atoms in total. The van der Waals surface area contributed by atoms with Crippen LogP contribution in [-0.2, 0) is 23.7 Å². The van der Waals surface area contributed by atoms with Crippen molar-refractivity contribution in [2.75, 3.05) is 130 Å². The summed E-state index contributed by atoms with van der Waals surface area (Å²) in [7, 11) is 0. The van der Waals surface area contributed by atoms with Crippen LogP contribution in [0.5, 0.6) is 0 Å². The summed E-state index contributed by atoms with van der Waals surface area (Å²) < 4.78 is 43.4. The molecule has 484 valence electrons. The third kappa shape index (κ3) is 52.6. The molecule has 0 saturated carbocycles. The molecule has 22 heteroatoms. The van der Waals surface area contributed by atoms with Gasteiger partial charge in [0.2, 0.25) is 0 Å². The Morgan fingerprint density at radius 3 is 1.04 bits per heavy atom. The fourth-order valence-corrected chi connectivity index (χ4v) is 7.88. The quantitative estimate of drug-likeness (QED) is 0.0108. The van der Waals surface area contributed by atoms with Crippen LogP contribution >= 0.6 is 38.5 Å². The number of aliphatic hydroxyl groups excluding tert-OH is 4. The Morgan fingerprint density at radius 2 is 0.780 bits per heavy atom. The molecule has 2 heterocycles. The fraction of sp³-hybridized carbons (Fsp3) is 0.733. The molecule has 0 aliphatic carbocycles. The molecule has 0 aromatic heterocycles. The number of nitrogens with one attached hydrogen (secondary N) is 2. The molecule has 0 unspecified atom stereocenters. The van der Waals surface area contributed by atoms with Crippen LogP contribution in [0.1, 0.15) is 200 Å². The first kappa shape index (κ1) is 87.8. The zero-order valence-electron chi connectivity index (χ0n) is 51.8. The summed E-state index contributed by atoms with van der Waals surface area (Å²) in [6.07, 6.45) is 22.8. The van der Waals surface area contributed by atoms with Gasteiger partial charge in [0.1, 0.15) is 0 Å². The molecule has 4 rings (SSSR count).